The van der Waals surface area contributed by atoms with Crippen LogP contribution in [-0.4, -0.2) is 38.2 Å². The highest BCUT2D eigenvalue weighted by atomic mass is 19.4. The van der Waals surface area contributed by atoms with Crippen LogP contribution in [0, 0.1) is 0 Å². The smallest absolute Gasteiger partial charge is 0.343 e. The second-order valence-electron chi connectivity index (χ2n) is 4.84. The van der Waals surface area contributed by atoms with Crippen molar-refractivity contribution in [3.8, 4) is 0 Å². The summed E-state index contributed by atoms with van der Waals surface area (Å²) in [6.45, 7) is 2.28. The number of carbonyl (C=O) groups is 1. The van der Waals surface area contributed by atoms with Crippen LogP contribution in [0.4, 0.5) is 13.2 Å². The van der Waals surface area contributed by atoms with Gasteiger partial charge >= 0.3 is 11.9 Å². The fraction of sp³-hybridized carbons (Fsp3) is 0.727. The Morgan fingerprint density at radius 1 is 1.30 bits per heavy atom. The number of nitrogens with zero attached hydrogens (tertiary/aromatic N) is 4. The van der Waals surface area contributed by atoms with Crippen molar-refractivity contribution in [2.45, 2.75) is 32.0 Å². The van der Waals surface area contributed by atoms with Crippen molar-refractivity contribution in [3.63, 3.8) is 0 Å². The maximum Gasteiger partial charge on any atom is 0.451 e. The number of carbonyl (C=O) groups excluding carboxylic acids is 1. The molecule has 0 radical (unpaired) electrons. The average molecular weight is 292 g/mol. The van der Waals surface area contributed by atoms with Gasteiger partial charge in [0.2, 0.25) is 11.7 Å². The SMILES string of the molecule is CC(=O)N1CCC(n2nc(C(F)(F)F)n(C)c2=O)CC1. The molecule has 1 amide bonds. The predicted molar refractivity (Wildman–Crippen MR) is 63.0 cm³/mol. The van der Waals surface area contributed by atoms with Gasteiger partial charge in [0.15, 0.2) is 0 Å². The lowest BCUT2D eigenvalue weighted by Crippen LogP contribution is -2.40. The first-order valence-electron chi connectivity index (χ1n) is 6.20. The van der Waals surface area contributed by atoms with Crippen LogP contribution in [0.3, 0.4) is 0 Å². The quantitative estimate of drug-likeness (QED) is 0.768. The molecule has 2 rings (SSSR count). The Hall–Kier alpha value is -1.80. The summed E-state index contributed by atoms with van der Waals surface area (Å²) in [7, 11) is 1.05. The van der Waals surface area contributed by atoms with Gasteiger partial charge < -0.3 is 4.90 Å². The summed E-state index contributed by atoms with van der Waals surface area (Å²) in [4.78, 5) is 24.6. The van der Waals surface area contributed by atoms with E-state index in [1.165, 1.54) is 6.92 Å². The first-order valence-corrected chi connectivity index (χ1v) is 6.20. The lowest BCUT2D eigenvalue weighted by molar-refractivity contribution is -0.147. The number of piperidine rings is 1. The second-order valence-corrected chi connectivity index (χ2v) is 4.84. The number of aromatic nitrogens is 3. The van der Waals surface area contributed by atoms with E-state index >= 15 is 0 Å². The van der Waals surface area contributed by atoms with Gasteiger partial charge in [0.05, 0.1) is 6.04 Å². The minimum atomic E-state index is -4.65. The lowest BCUT2D eigenvalue weighted by atomic mass is 10.1. The third-order valence-corrected chi connectivity index (χ3v) is 3.51. The van der Waals surface area contributed by atoms with Crippen molar-refractivity contribution in [2.75, 3.05) is 13.1 Å². The molecule has 20 heavy (non-hydrogen) atoms. The van der Waals surface area contributed by atoms with Crippen molar-refractivity contribution >= 4 is 5.91 Å². The lowest BCUT2D eigenvalue weighted by Gasteiger charge is -2.30. The molecule has 0 N–H and O–H groups in total. The van der Waals surface area contributed by atoms with Crippen molar-refractivity contribution in [3.05, 3.63) is 16.3 Å². The molecular formula is C11H15F3N4O2. The van der Waals surface area contributed by atoms with E-state index in [0.717, 1.165) is 11.7 Å². The zero-order valence-corrected chi connectivity index (χ0v) is 11.1. The van der Waals surface area contributed by atoms with Crippen LogP contribution in [0.25, 0.3) is 0 Å². The van der Waals surface area contributed by atoms with E-state index in [4.69, 9.17) is 0 Å². The molecule has 0 saturated carbocycles. The first-order chi connectivity index (χ1) is 9.21. The number of halogens is 3. The Morgan fingerprint density at radius 3 is 2.25 bits per heavy atom. The maximum absolute atomic E-state index is 12.7. The Labute approximate surface area is 112 Å². The average Bonchev–Trinajstić information content (AvgIpc) is 2.66. The van der Waals surface area contributed by atoms with E-state index in [9.17, 15) is 22.8 Å². The maximum atomic E-state index is 12.7. The largest absolute Gasteiger partial charge is 0.451 e. The number of likely N-dealkylation sites (tertiary alicyclic amines) is 1. The van der Waals surface area contributed by atoms with Gasteiger partial charge in [-0.15, -0.1) is 5.10 Å². The third-order valence-electron chi connectivity index (χ3n) is 3.51. The molecule has 6 nitrogen and oxygen atoms in total. The van der Waals surface area contributed by atoms with Gasteiger partial charge in [-0.3, -0.25) is 9.36 Å². The second kappa shape index (κ2) is 4.95. The molecular weight excluding hydrogens is 277 g/mol. The topological polar surface area (TPSA) is 60.1 Å². The zero-order chi connectivity index (χ0) is 15.1. The van der Waals surface area contributed by atoms with Gasteiger partial charge in [0.25, 0.3) is 0 Å². The van der Waals surface area contributed by atoms with Gasteiger partial charge in [-0.05, 0) is 12.8 Å². The van der Waals surface area contributed by atoms with Crippen molar-refractivity contribution in [2.24, 2.45) is 7.05 Å². The van der Waals surface area contributed by atoms with Gasteiger partial charge in [-0.25, -0.2) is 9.48 Å². The Morgan fingerprint density at radius 2 is 1.85 bits per heavy atom. The number of alkyl halides is 3. The molecule has 1 aliphatic heterocycles. The summed E-state index contributed by atoms with van der Waals surface area (Å²) >= 11 is 0. The molecule has 0 aromatic carbocycles. The highest BCUT2D eigenvalue weighted by Gasteiger charge is 2.39. The van der Waals surface area contributed by atoms with E-state index in [1.807, 2.05) is 0 Å². The molecule has 1 fully saturated rings. The zero-order valence-electron chi connectivity index (χ0n) is 11.1. The molecule has 1 aromatic heterocycles. The van der Waals surface area contributed by atoms with E-state index < -0.39 is 23.7 Å². The fourth-order valence-corrected chi connectivity index (χ4v) is 2.37. The van der Waals surface area contributed by atoms with E-state index in [0.29, 0.717) is 30.5 Å². The van der Waals surface area contributed by atoms with Crippen LogP contribution < -0.4 is 5.69 Å². The molecule has 0 spiro atoms. The monoisotopic (exact) mass is 292 g/mol. The van der Waals surface area contributed by atoms with Gasteiger partial charge in [0.1, 0.15) is 0 Å². The third kappa shape index (κ3) is 2.56. The minimum absolute atomic E-state index is 0.0761. The summed E-state index contributed by atoms with van der Waals surface area (Å²) in [6.07, 6.45) is -3.80. The molecule has 1 aromatic rings. The molecule has 1 aliphatic rings. The summed E-state index contributed by atoms with van der Waals surface area (Å²) in [5.74, 6) is -1.27. The number of hydrogen-bond donors (Lipinski definition) is 0. The molecule has 0 unspecified atom stereocenters. The molecule has 2 heterocycles. The molecule has 0 aliphatic carbocycles. The first kappa shape index (κ1) is 14.6. The fourth-order valence-electron chi connectivity index (χ4n) is 2.37. The number of amides is 1. The van der Waals surface area contributed by atoms with Crippen LogP contribution in [0.1, 0.15) is 31.6 Å². The van der Waals surface area contributed by atoms with Gasteiger partial charge in [-0.2, -0.15) is 13.2 Å². The highest BCUT2D eigenvalue weighted by Crippen LogP contribution is 2.27. The van der Waals surface area contributed by atoms with Crippen LogP contribution in [0.5, 0.6) is 0 Å². The standard InChI is InChI=1S/C11H15F3N4O2/c1-7(19)17-5-3-8(4-6-17)18-10(20)16(2)9(15-18)11(12,13)14/h8H,3-6H2,1-2H3. The number of hydrogen-bond acceptors (Lipinski definition) is 3. The number of rotatable bonds is 1. The summed E-state index contributed by atoms with van der Waals surface area (Å²) in [6, 6.07) is -0.402. The van der Waals surface area contributed by atoms with Crippen LogP contribution in [0.15, 0.2) is 4.79 Å². The molecule has 0 bridgehead atoms. The van der Waals surface area contributed by atoms with Crippen molar-refractivity contribution < 1.29 is 18.0 Å². The van der Waals surface area contributed by atoms with Crippen molar-refractivity contribution in [1.29, 1.82) is 0 Å². The van der Waals surface area contributed by atoms with E-state index in [2.05, 4.69) is 5.10 Å². The molecule has 9 heteroatoms. The Kier molecular flexibility index (Phi) is 3.61. The van der Waals surface area contributed by atoms with E-state index in [-0.39, 0.29) is 5.91 Å². The summed E-state index contributed by atoms with van der Waals surface area (Å²) in [5.41, 5.74) is -0.779. The molecule has 0 atom stereocenters. The minimum Gasteiger partial charge on any atom is -0.343 e. The van der Waals surface area contributed by atoms with Crippen LogP contribution in [0.2, 0.25) is 0 Å². The van der Waals surface area contributed by atoms with Gasteiger partial charge in [-0.1, -0.05) is 0 Å². The highest BCUT2D eigenvalue weighted by molar-refractivity contribution is 5.73. The molecule has 112 valence electrons. The Bertz CT molecular complexity index is 567. The normalized spacial score (nSPS) is 17.6. The van der Waals surface area contributed by atoms with Crippen molar-refractivity contribution in [1.82, 2.24) is 19.2 Å². The van der Waals surface area contributed by atoms with Gasteiger partial charge in [0, 0.05) is 27.1 Å². The Balaban J connectivity index is 2.23. The van der Waals surface area contributed by atoms with Crippen LogP contribution in [-0.2, 0) is 18.0 Å². The molecule has 1 saturated heterocycles. The van der Waals surface area contributed by atoms with Crippen LogP contribution >= 0.6 is 0 Å². The summed E-state index contributed by atoms with van der Waals surface area (Å²) < 4.78 is 39.5. The summed E-state index contributed by atoms with van der Waals surface area (Å²) in [5, 5.41) is 3.41. The van der Waals surface area contributed by atoms with E-state index in [1.54, 1.807) is 4.90 Å². The predicted octanol–water partition coefficient (Wildman–Crippen LogP) is 0.784.